The average Bonchev–Trinajstić information content (AvgIpc) is 2.62. The Hall–Kier alpha value is -2.31. The first-order valence-electron chi connectivity index (χ1n) is 7.60. The molecule has 1 aromatic carbocycles. The summed E-state index contributed by atoms with van der Waals surface area (Å²) in [4.78, 5) is 18.1. The highest BCUT2D eigenvalue weighted by Crippen LogP contribution is 2.14. The molecule has 1 aromatic heterocycles. The third-order valence-corrected chi connectivity index (χ3v) is 3.61. The minimum atomic E-state index is -0.350. The number of amides is 1. The molecule has 1 aliphatic rings. The van der Waals surface area contributed by atoms with Crippen molar-refractivity contribution in [2.75, 3.05) is 26.2 Å². The Balaban J connectivity index is 0.00000208. The molecule has 1 unspecified atom stereocenters. The van der Waals surface area contributed by atoms with Crippen LogP contribution >= 0.6 is 12.4 Å². The topological polar surface area (TPSA) is 63.7 Å². The van der Waals surface area contributed by atoms with Crippen LogP contribution in [-0.4, -0.2) is 48.3 Å². The fourth-order valence-corrected chi connectivity index (χ4v) is 2.42. The summed E-state index contributed by atoms with van der Waals surface area (Å²) in [5, 5.41) is 3.27. The molecule has 3 rings (SSSR count). The Labute approximate surface area is 147 Å². The fourth-order valence-electron chi connectivity index (χ4n) is 2.42. The van der Waals surface area contributed by atoms with Gasteiger partial charge in [-0.05, 0) is 24.3 Å². The van der Waals surface area contributed by atoms with Crippen molar-refractivity contribution in [2.45, 2.75) is 6.04 Å². The summed E-state index contributed by atoms with van der Waals surface area (Å²) in [6, 6.07) is 12.7. The highest BCUT2D eigenvalue weighted by atomic mass is 35.5. The number of carbonyl (C=O) groups excluding carboxylic acids is 1. The number of hydrogen-bond donors (Lipinski definition) is 1. The van der Waals surface area contributed by atoms with Crippen molar-refractivity contribution >= 4 is 18.5 Å². The lowest BCUT2D eigenvalue weighted by Gasteiger charge is -2.35. The molecule has 1 aliphatic heterocycles. The van der Waals surface area contributed by atoms with E-state index in [0.717, 1.165) is 6.54 Å². The van der Waals surface area contributed by atoms with E-state index in [4.69, 9.17) is 9.47 Å². The van der Waals surface area contributed by atoms with Gasteiger partial charge < -0.3 is 14.8 Å². The van der Waals surface area contributed by atoms with Gasteiger partial charge >= 0.3 is 6.09 Å². The molecule has 1 fully saturated rings. The van der Waals surface area contributed by atoms with Gasteiger partial charge in [0.1, 0.15) is 18.1 Å². The SMILES string of the molecule is Cl.O=C(Oc1ccccc1)N1CCNCC1COc1cccnc1. The number of para-hydroxylation sites is 1. The van der Waals surface area contributed by atoms with Crippen LogP contribution in [0.4, 0.5) is 4.79 Å². The van der Waals surface area contributed by atoms with Gasteiger partial charge in [0.2, 0.25) is 0 Å². The van der Waals surface area contributed by atoms with Crippen LogP contribution in [0.15, 0.2) is 54.9 Å². The van der Waals surface area contributed by atoms with Crippen molar-refractivity contribution in [3.8, 4) is 11.5 Å². The molecule has 2 aromatic rings. The van der Waals surface area contributed by atoms with Crippen molar-refractivity contribution in [1.29, 1.82) is 0 Å². The second kappa shape index (κ2) is 9.10. The highest BCUT2D eigenvalue weighted by Gasteiger charge is 2.28. The molecular weight excluding hydrogens is 330 g/mol. The van der Waals surface area contributed by atoms with E-state index in [-0.39, 0.29) is 24.5 Å². The van der Waals surface area contributed by atoms with E-state index in [1.807, 2.05) is 30.3 Å². The van der Waals surface area contributed by atoms with Gasteiger partial charge in [0.25, 0.3) is 0 Å². The summed E-state index contributed by atoms with van der Waals surface area (Å²) in [6.07, 6.45) is 3.00. The van der Waals surface area contributed by atoms with Gasteiger partial charge in [-0.2, -0.15) is 0 Å². The molecule has 2 heterocycles. The number of nitrogens with zero attached hydrogens (tertiary/aromatic N) is 2. The Kier molecular flexibility index (Phi) is 6.84. The number of carbonyl (C=O) groups is 1. The van der Waals surface area contributed by atoms with Crippen LogP contribution in [0, 0.1) is 0 Å². The zero-order chi connectivity index (χ0) is 15.9. The van der Waals surface area contributed by atoms with E-state index in [2.05, 4.69) is 10.3 Å². The Morgan fingerprint density at radius 2 is 2.00 bits per heavy atom. The van der Waals surface area contributed by atoms with Gasteiger partial charge in [-0.15, -0.1) is 12.4 Å². The second-order valence-corrected chi connectivity index (χ2v) is 5.23. The minimum absolute atomic E-state index is 0. The predicted octanol–water partition coefficient (Wildman–Crippen LogP) is 2.35. The number of ether oxygens (including phenoxy) is 2. The molecule has 0 saturated carbocycles. The van der Waals surface area contributed by atoms with E-state index >= 15 is 0 Å². The maximum absolute atomic E-state index is 12.4. The quantitative estimate of drug-likeness (QED) is 0.918. The monoisotopic (exact) mass is 349 g/mol. The highest BCUT2D eigenvalue weighted by molar-refractivity contribution is 5.85. The van der Waals surface area contributed by atoms with Crippen LogP contribution in [0.3, 0.4) is 0 Å². The third kappa shape index (κ3) is 4.84. The summed E-state index contributed by atoms with van der Waals surface area (Å²) in [5.74, 6) is 1.23. The van der Waals surface area contributed by atoms with Crippen molar-refractivity contribution < 1.29 is 14.3 Å². The average molecular weight is 350 g/mol. The zero-order valence-corrected chi connectivity index (χ0v) is 13.9. The molecule has 1 N–H and O–H groups in total. The first kappa shape index (κ1) is 18.0. The molecule has 6 nitrogen and oxygen atoms in total. The Bertz CT molecular complexity index is 627. The zero-order valence-electron chi connectivity index (χ0n) is 13.1. The Morgan fingerprint density at radius 3 is 2.75 bits per heavy atom. The van der Waals surface area contributed by atoms with Gasteiger partial charge in [-0.25, -0.2) is 4.79 Å². The maximum Gasteiger partial charge on any atom is 0.415 e. The normalized spacial score (nSPS) is 16.8. The first-order chi connectivity index (χ1) is 11.3. The van der Waals surface area contributed by atoms with Gasteiger partial charge in [0.15, 0.2) is 0 Å². The summed E-state index contributed by atoms with van der Waals surface area (Å²) in [7, 11) is 0. The predicted molar refractivity (Wildman–Crippen MR) is 92.8 cm³/mol. The summed E-state index contributed by atoms with van der Waals surface area (Å²) in [5.41, 5.74) is 0. The molecule has 0 radical (unpaired) electrons. The number of benzene rings is 1. The van der Waals surface area contributed by atoms with Gasteiger partial charge in [-0.1, -0.05) is 18.2 Å². The van der Waals surface area contributed by atoms with Gasteiger partial charge in [0.05, 0.1) is 12.2 Å². The number of aromatic nitrogens is 1. The first-order valence-corrected chi connectivity index (χ1v) is 7.60. The summed E-state index contributed by atoms with van der Waals surface area (Å²) < 4.78 is 11.2. The van der Waals surface area contributed by atoms with Crippen LogP contribution in [0.1, 0.15) is 0 Å². The Morgan fingerprint density at radius 1 is 1.21 bits per heavy atom. The van der Waals surface area contributed by atoms with E-state index in [9.17, 15) is 4.79 Å². The van der Waals surface area contributed by atoms with Crippen LogP contribution in [0.2, 0.25) is 0 Å². The number of piperazine rings is 1. The molecule has 0 spiro atoms. The third-order valence-electron chi connectivity index (χ3n) is 3.61. The summed E-state index contributed by atoms with van der Waals surface area (Å²) in [6.45, 7) is 2.40. The van der Waals surface area contributed by atoms with E-state index in [1.165, 1.54) is 0 Å². The van der Waals surface area contributed by atoms with E-state index in [0.29, 0.717) is 31.2 Å². The molecular formula is C17H20ClN3O3. The van der Waals surface area contributed by atoms with Gasteiger partial charge in [0, 0.05) is 25.8 Å². The number of rotatable bonds is 4. The van der Waals surface area contributed by atoms with Gasteiger partial charge in [-0.3, -0.25) is 9.88 Å². The van der Waals surface area contributed by atoms with Crippen LogP contribution < -0.4 is 14.8 Å². The molecule has 1 saturated heterocycles. The molecule has 24 heavy (non-hydrogen) atoms. The number of nitrogens with one attached hydrogen (secondary N) is 1. The lowest BCUT2D eigenvalue weighted by Crippen LogP contribution is -2.56. The van der Waals surface area contributed by atoms with Crippen molar-refractivity contribution in [1.82, 2.24) is 15.2 Å². The lowest BCUT2D eigenvalue weighted by atomic mass is 10.2. The van der Waals surface area contributed by atoms with E-state index in [1.54, 1.807) is 29.4 Å². The lowest BCUT2D eigenvalue weighted by molar-refractivity contribution is 0.0953. The fraction of sp³-hybridized carbons (Fsp3) is 0.294. The largest absolute Gasteiger partial charge is 0.490 e. The van der Waals surface area contributed by atoms with Crippen molar-refractivity contribution in [2.24, 2.45) is 0 Å². The molecule has 7 heteroatoms. The molecule has 1 atom stereocenters. The number of hydrogen-bond acceptors (Lipinski definition) is 5. The molecule has 1 amide bonds. The number of pyridine rings is 1. The smallest absolute Gasteiger partial charge is 0.415 e. The standard InChI is InChI=1S/C17H19N3O3.ClH/c21-17(23-15-5-2-1-3-6-15)20-10-9-19-11-14(20)13-22-16-7-4-8-18-12-16;/h1-8,12,14,19H,9-11,13H2;1H. The maximum atomic E-state index is 12.4. The second-order valence-electron chi connectivity index (χ2n) is 5.23. The van der Waals surface area contributed by atoms with Crippen LogP contribution in [0.5, 0.6) is 11.5 Å². The molecule has 128 valence electrons. The number of halogens is 1. The molecule has 0 bridgehead atoms. The van der Waals surface area contributed by atoms with Crippen molar-refractivity contribution in [3.63, 3.8) is 0 Å². The summed E-state index contributed by atoms with van der Waals surface area (Å²) >= 11 is 0. The molecule has 0 aliphatic carbocycles. The van der Waals surface area contributed by atoms with Crippen molar-refractivity contribution in [3.05, 3.63) is 54.9 Å². The minimum Gasteiger partial charge on any atom is -0.490 e. The van der Waals surface area contributed by atoms with E-state index < -0.39 is 0 Å². The van der Waals surface area contributed by atoms with Crippen LogP contribution in [0.25, 0.3) is 0 Å². The van der Waals surface area contributed by atoms with Crippen LogP contribution in [-0.2, 0) is 0 Å².